The number of aryl methyl sites for hydroxylation is 1. The van der Waals surface area contributed by atoms with Crippen LogP contribution in [0.2, 0.25) is 4.34 Å². The van der Waals surface area contributed by atoms with Crippen molar-refractivity contribution in [3.8, 4) is 16.5 Å². The number of hydrogen-bond acceptors (Lipinski definition) is 7. The second kappa shape index (κ2) is 9.17. The van der Waals surface area contributed by atoms with Gasteiger partial charge in [-0.15, -0.1) is 11.3 Å². The van der Waals surface area contributed by atoms with Crippen molar-refractivity contribution in [2.45, 2.75) is 25.7 Å². The van der Waals surface area contributed by atoms with Crippen molar-refractivity contribution in [1.82, 2.24) is 14.9 Å². The van der Waals surface area contributed by atoms with Gasteiger partial charge in [0.15, 0.2) is 12.4 Å². The number of halogens is 1. The molecule has 9 heteroatoms. The molecule has 3 aliphatic rings. The lowest BCUT2D eigenvalue weighted by Gasteiger charge is -2.26. The number of carbonyl (C=O) groups excluding carboxylic acids is 1. The van der Waals surface area contributed by atoms with E-state index in [1.54, 1.807) is 4.90 Å². The second-order valence-electron chi connectivity index (χ2n) is 8.73. The molecule has 176 valence electrons. The fourth-order valence-corrected chi connectivity index (χ4v) is 5.88. The van der Waals surface area contributed by atoms with Crippen LogP contribution >= 0.6 is 22.9 Å². The Bertz CT molecular complexity index is 1240. The zero-order chi connectivity index (χ0) is 23.1. The van der Waals surface area contributed by atoms with Crippen LogP contribution in [0.5, 0.6) is 5.75 Å². The van der Waals surface area contributed by atoms with E-state index in [1.807, 2.05) is 24.3 Å². The number of rotatable bonds is 5. The number of benzene rings is 1. The van der Waals surface area contributed by atoms with Gasteiger partial charge < -0.3 is 19.3 Å². The minimum Gasteiger partial charge on any atom is -0.484 e. The fraction of sp³-hybridized carbons (Fsp3) is 0.400. The quantitative estimate of drug-likeness (QED) is 0.525. The van der Waals surface area contributed by atoms with Crippen LogP contribution in [0.25, 0.3) is 10.7 Å². The van der Waals surface area contributed by atoms with Crippen molar-refractivity contribution < 1.29 is 14.3 Å². The van der Waals surface area contributed by atoms with Crippen molar-refractivity contribution in [1.29, 1.82) is 0 Å². The molecule has 0 saturated carbocycles. The Hall–Kier alpha value is -2.68. The van der Waals surface area contributed by atoms with Crippen molar-refractivity contribution in [3.05, 3.63) is 51.5 Å². The maximum Gasteiger partial charge on any atom is 0.260 e. The van der Waals surface area contributed by atoms with Gasteiger partial charge in [-0.05, 0) is 49.4 Å². The number of aromatic nitrogens is 2. The molecule has 1 amide bonds. The lowest BCUT2D eigenvalue weighted by atomic mass is 10.1. The third kappa shape index (κ3) is 4.15. The first-order valence-electron chi connectivity index (χ1n) is 11.7. The van der Waals surface area contributed by atoms with E-state index in [0.29, 0.717) is 32.1 Å². The Morgan fingerprint density at radius 3 is 2.79 bits per heavy atom. The molecule has 34 heavy (non-hydrogen) atoms. The highest BCUT2D eigenvalue weighted by atomic mass is 35.5. The van der Waals surface area contributed by atoms with E-state index in [4.69, 9.17) is 31.0 Å². The van der Waals surface area contributed by atoms with Gasteiger partial charge in [-0.1, -0.05) is 17.7 Å². The molecule has 2 aliphatic heterocycles. The van der Waals surface area contributed by atoms with Crippen molar-refractivity contribution >= 4 is 40.4 Å². The summed E-state index contributed by atoms with van der Waals surface area (Å²) < 4.78 is 12.0. The predicted octanol–water partition coefficient (Wildman–Crippen LogP) is 4.28. The average Bonchev–Trinajstić information content (AvgIpc) is 3.61. The highest BCUT2D eigenvalue weighted by Crippen LogP contribution is 2.41. The summed E-state index contributed by atoms with van der Waals surface area (Å²) in [6.45, 7) is 3.31. The molecule has 1 fully saturated rings. The molecule has 0 radical (unpaired) electrons. The zero-order valence-corrected chi connectivity index (χ0v) is 20.3. The molecular weight excluding hydrogens is 472 g/mol. The molecule has 0 bridgehead atoms. The zero-order valence-electron chi connectivity index (χ0n) is 18.8. The summed E-state index contributed by atoms with van der Waals surface area (Å²) in [6.07, 6.45) is 4.01. The summed E-state index contributed by atoms with van der Waals surface area (Å²) in [7, 11) is 0. The number of amides is 1. The SMILES string of the molecule is O=C(COc1ccc2c(c1)N(c1nc(-c3ccc(Cl)s3)nc3c1CCC3)CC2)N1CCOCC1. The van der Waals surface area contributed by atoms with Gasteiger partial charge in [-0.25, -0.2) is 9.97 Å². The molecule has 1 saturated heterocycles. The van der Waals surface area contributed by atoms with Gasteiger partial charge in [0, 0.05) is 42.6 Å². The Labute approximate surface area is 207 Å². The van der Waals surface area contributed by atoms with Gasteiger partial charge in [-0.2, -0.15) is 0 Å². The second-order valence-corrected chi connectivity index (χ2v) is 10.4. The van der Waals surface area contributed by atoms with Gasteiger partial charge in [-0.3, -0.25) is 4.79 Å². The van der Waals surface area contributed by atoms with E-state index in [-0.39, 0.29) is 12.5 Å². The number of thiophene rings is 1. The molecular formula is C25H25ClN4O3S. The first-order chi connectivity index (χ1) is 16.7. The first-order valence-corrected chi connectivity index (χ1v) is 12.9. The summed E-state index contributed by atoms with van der Waals surface area (Å²) in [4.78, 5) is 27.5. The number of nitrogens with zero attached hydrogens (tertiary/aromatic N) is 4. The minimum absolute atomic E-state index is 0.00600. The summed E-state index contributed by atoms with van der Waals surface area (Å²) in [5.74, 6) is 2.42. The minimum atomic E-state index is -0.00600. The van der Waals surface area contributed by atoms with E-state index in [1.165, 1.54) is 22.5 Å². The van der Waals surface area contributed by atoms with Crippen LogP contribution in [-0.2, 0) is 28.8 Å². The monoisotopic (exact) mass is 496 g/mol. The fourth-order valence-electron chi connectivity index (χ4n) is 4.90. The molecule has 3 aromatic rings. The van der Waals surface area contributed by atoms with Gasteiger partial charge in [0.05, 0.1) is 22.4 Å². The topological polar surface area (TPSA) is 67.8 Å². The normalized spacial score (nSPS) is 17.1. The third-order valence-corrected chi connectivity index (χ3v) is 7.87. The molecule has 0 N–H and O–H groups in total. The van der Waals surface area contributed by atoms with E-state index in [9.17, 15) is 4.79 Å². The Morgan fingerprint density at radius 2 is 1.97 bits per heavy atom. The van der Waals surface area contributed by atoms with E-state index < -0.39 is 0 Å². The summed E-state index contributed by atoms with van der Waals surface area (Å²) in [6, 6.07) is 9.98. The van der Waals surface area contributed by atoms with Crippen LogP contribution in [0.4, 0.5) is 11.5 Å². The van der Waals surface area contributed by atoms with Crippen LogP contribution in [-0.4, -0.2) is 60.2 Å². The number of carbonyl (C=O) groups is 1. The van der Waals surface area contributed by atoms with E-state index in [2.05, 4.69) is 11.0 Å². The third-order valence-electron chi connectivity index (χ3n) is 6.64. The van der Waals surface area contributed by atoms with Crippen LogP contribution in [0, 0.1) is 0 Å². The first kappa shape index (κ1) is 21.8. The molecule has 4 heterocycles. The van der Waals surface area contributed by atoms with Gasteiger partial charge in [0.1, 0.15) is 11.6 Å². The maximum atomic E-state index is 12.5. The average molecular weight is 497 g/mol. The molecule has 6 rings (SSSR count). The number of hydrogen-bond donors (Lipinski definition) is 0. The molecule has 1 aromatic carbocycles. The summed E-state index contributed by atoms with van der Waals surface area (Å²) >= 11 is 7.69. The van der Waals surface area contributed by atoms with E-state index in [0.717, 1.165) is 64.5 Å². The summed E-state index contributed by atoms with van der Waals surface area (Å²) in [5, 5.41) is 0. The highest BCUT2D eigenvalue weighted by molar-refractivity contribution is 7.19. The molecule has 1 aliphatic carbocycles. The molecule has 0 spiro atoms. The highest BCUT2D eigenvalue weighted by Gasteiger charge is 2.29. The molecule has 0 unspecified atom stereocenters. The standard InChI is InChI=1S/C25H25ClN4O3S/c26-22-7-6-21(34-22)24-27-19-3-1-2-18(19)25(28-24)30-9-8-16-4-5-17(14-20(16)30)33-15-23(31)29-10-12-32-13-11-29/h4-7,14H,1-3,8-13,15H2. The molecule has 2 aromatic heterocycles. The number of morpholine rings is 1. The van der Waals surface area contributed by atoms with Gasteiger partial charge in [0.2, 0.25) is 0 Å². The number of ether oxygens (including phenoxy) is 2. The largest absolute Gasteiger partial charge is 0.484 e. The lowest BCUT2D eigenvalue weighted by molar-refractivity contribution is -0.137. The molecule has 0 atom stereocenters. The maximum absolute atomic E-state index is 12.5. The predicted molar refractivity (Wildman–Crippen MR) is 132 cm³/mol. The van der Waals surface area contributed by atoms with Crippen molar-refractivity contribution in [2.24, 2.45) is 0 Å². The number of fused-ring (bicyclic) bond motifs is 2. The van der Waals surface area contributed by atoms with Crippen LogP contribution in [0.1, 0.15) is 23.2 Å². The van der Waals surface area contributed by atoms with Crippen LogP contribution in [0.15, 0.2) is 30.3 Å². The molecule has 7 nitrogen and oxygen atoms in total. The summed E-state index contributed by atoms with van der Waals surface area (Å²) in [5.41, 5.74) is 4.74. The van der Waals surface area contributed by atoms with E-state index >= 15 is 0 Å². The lowest BCUT2D eigenvalue weighted by Crippen LogP contribution is -2.42. The van der Waals surface area contributed by atoms with Crippen LogP contribution < -0.4 is 9.64 Å². The smallest absolute Gasteiger partial charge is 0.260 e. The van der Waals surface area contributed by atoms with Crippen molar-refractivity contribution in [2.75, 3.05) is 44.4 Å². The Morgan fingerprint density at radius 1 is 1.09 bits per heavy atom. The number of anilines is 2. The van der Waals surface area contributed by atoms with Gasteiger partial charge in [0.25, 0.3) is 5.91 Å². The van der Waals surface area contributed by atoms with Gasteiger partial charge >= 0.3 is 0 Å². The Balaban J connectivity index is 1.27. The Kier molecular flexibility index (Phi) is 5.89. The van der Waals surface area contributed by atoms with Crippen LogP contribution in [0.3, 0.4) is 0 Å². The van der Waals surface area contributed by atoms with Crippen molar-refractivity contribution in [3.63, 3.8) is 0 Å².